The summed E-state index contributed by atoms with van der Waals surface area (Å²) in [6, 6.07) is 0.140. The van der Waals surface area contributed by atoms with Crippen LogP contribution in [-0.2, 0) is 4.74 Å². The first kappa shape index (κ1) is 13.1. The molecule has 0 saturated carbocycles. The lowest BCUT2D eigenvalue weighted by molar-refractivity contribution is 0.0973. The Labute approximate surface area is 118 Å². The lowest BCUT2D eigenvalue weighted by Crippen LogP contribution is -2.50. The molecule has 0 aliphatic carbocycles. The molecule has 2 saturated heterocycles. The Balaban J connectivity index is 1.68. The summed E-state index contributed by atoms with van der Waals surface area (Å²) in [5.74, 6) is 0.750. The van der Waals surface area contributed by atoms with Crippen LogP contribution in [0.2, 0.25) is 5.02 Å². The minimum absolute atomic E-state index is 0.140. The SMILES string of the molecule is C[C@@H]1OCC2(CCN(c3ncc(Cl)cn3)CC2)[C@@H]1N. The van der Waals surface area contributed by atoms with Crippen LogP contribution in [0.3, 0.4) is 0 Å². The van der Waals surface area contributed by atoms with Crippen molar-refractivity contribution in [3.63, 3.8) is 0 Å². The molecule has 2 fully saturated rings. The van der Waals surface area contributed by atoms with Gasteiger partial charge in [0.15, 0.2) is 0 Å². The van der Waals surface area contributed by atoms with E-state index in [0.29, 0.717) is 5.02 Å². The maximum Gasteiger partial charge on any atom is 0.225 e. The Morgan fingerprint density at radius 2 is 2.00 bits per heavy atom. The van der Waals surface area contributed by atoms with Gasteiger partial charge in [-0.05, 0) is 19.8 Å². The first-order chi connectivity index (χ1) is 9.11. The summed E-state index contributed by atoms with van der Waals surface area (Å²) in [4.78, 5) is 10.7. The van der Waals surface area contributed by atoms with Gasteiger partial charge in [-0.3, -0.25) is 0 Å². The van der Waals surface area contributed by atoms with Gasteiger partial charge in [0.05, 0.1) is 30.1 Å². The topological polar surface area (TPSA) is 64.3 Å². The van der Waals surface area contributed by atoms with Gasteiger partial charge in [-0.1, -0.05) is 11.6 Å². The van der Waals surface area contributed by atoms with Gasteiger partial charge in [0.2, 0.25) is 5.95 Å². The molecule has 1 aromatic heterocycles. The van der Waals surface area contributed by atoms with Crippen molar-refractivity contribution in [2.45, 2.75) is 31.9 Å². The van der Waals surface area contributed by atoms with Gasteiger partial charge in [-0.25, -0.2) is 9.97 Å². The molecule has 3 heterocycles. The van der Waals surface area contributed by atoms with E-state index in [1.807, 2.05) is 0 Å². The van der Waals surface area contributed by atoms with Crippen molar-refractivity contribution >= 4 is 17.5 Å². The van der Waals surface area contributed by atoms with Crippen molar-refractivity contribution in [1.82, 2.24) is 9.97 Å². The van der Waals surface area contributed by atoms with Crippen LogP contribution in [0.4, 0.5) is 5.95 Å². The molecule has 1 aromatic rings. The molecule has 0 aromatic carbocycles. The number of anilines is 1. The number of aromatic nitrogens is 2. The quantitative estimate of drug-likeness (QED) is 0.845. The smallest absolute Gasteiger partial charge is 0.225 e. The van der Waals surface area contributed by atoms with Crippen molar-refractivity contribution in [1.29, 1.82) is 0 Å². The highest BCUT2D eigenvalue weighted by molar-refractivity contribution is 6.30. The third kappa shape index (κ3) is 2.30. The molecule has 5 nitrogen and oxygen atoms in total. The summed E-state index contributed by atoms with van der Waals surface area (Å²) in [5, 5.41) is 0.567. The van der Waals surface area contributed by atoms with Gasteiger partial charge in [-0.2, -0.15) is 0 Å². The molecule has 104 valence electrons. The van der Waals surface area contributed by atoms with Gasteiger partial charge in [0.25, 0.3) is 0 Å². The molecule has 19 heavy (non-hydrogen) atoms. The molecule has 2 aliphatic rings. The first-order valence-corrected chi connectivity index (χ1v) is 7.08. The predicted molar refractivity (Wildman–Crippen MR) is 74.3 cm³/mol. The Hall–Kier alpha value is -0.910. The summed E-state index contributed by atoms with van der Waals surface area (Å²) in [5.41, 5.74) is 6.44. The van der Waals surface area contributed by atoms with Crippen LogP contribution in [0.15, 0.2) is 12.4 Å². The fourth-order valence-corrected chi connectivity index (χ4v) is 3.19. The zero-order valence-corrected chi connectivity index (χ0v) is 11.8. The Morgan fingerprint density at radius 3 is 2.53 bits per heavy atom. The van der Waals surface area contributed by atoms with Crippen LogP contribution in [0.1, 0.15) is 19.8 Å². The average molecular weight is 283 g/mol. The lowest BCUT2D eigenvalue weighted by Gasteiger charge is -2.41. The molecule has 0 unspecified atom stereocenters. The maximum atomic E-state index is 6.30. The fourth-order valence-electron chi connectivity index (χ4n) is 3.09. The number of nitrogens with zero attached hydrogens (tertiary/aromatic N) is 3. The van der Waals surface area contributed by atoms with E-state index in [2.05, 4.69) is 21.8 Å². The monoisotopic (exact) mass is 282 g/mol. The fraction of sp³-hybridized carbons (Fsp3) is 0.692. The molecule has 0 amide bonds. The van der Waals surface area contributed by atoms with Crippen molar-refractivity contribution in [2.75, 3.05) is 24.6 Å². The lowest BCUT2D eigenvalue weighted by atomic mass is 9.73. The van der Waals surface area contributed by atoms with Crippen molar-refractivity contribution in [3.05, 3.63) is 17.4 Å². The van der Waals surface area contributed by atoms with E-state index in [1.165, 1.54) is 0 Å². The van der Waals surface area contributed by atoms with E-state index in [0.717, 1.165) is 38.5 Å². The second-order valence-electron chi connectivity index (χ2n) is 5.59. The highest BCUT2D eigenvalue weighted by atomic mass is 35.5. The van der Waals surface area contributed by atoms with Crippen LogP contribution >= 0.6 is 11.6 Å². The minimum atomic E-state index is 0.140. The molecule has 0 radical (unpaired) electrons. The number of halogens is 1. The normalized spacial score (nSPS) is 29.9. The molecule has 2 atom stereocenters. The average Bonchev–Trinajstić information content (AvgIpc) is 2.70. The van der Waals surface area contributed by atoms with E-state index in [9.17, 15) is 0 Å². The summed E-state index contributed by atoms with van der Waals surface area (Å²) >= 11 is 5.81. The van der Waals surface area contributed by atoms with Gasteiger partial charge >= 0.3 is 0 Å². The van der Waals surface area contributed by atoms with E-state index < -0.39 is 0 Å². The molecule has 1 spiro atoms. The first-order valence-electron chi connectivity index (χ1n) is 6.70. The van der Waals surface area contributed by atoms with Gasteiger partial charge < -0.3 is 15.4 Å². The standard InChI is InChI=1S/C13H19ClN4O/c1-9-11(15)13(8-19-9)2-4-18(5-3-13)12-16-6-10(14)7-17-12/h6-7,9,11H,2-5,8,15H2,1H3/t9-,11+/m0/s1. The number of ether oxygens (including phenoxy) is 1. The van der Waals surface area contributed by atoms with Crippen molar-refractivity contribution in [3.8, 4) is 0 Å². The van der Waals surface area contributed by atoms with Gasteiger partial charge in [0.1, 0.15) is 0 Å². The molecule has 2 N–H and O–H groups in total. The van der Waals surface area contributed by atoms with Crippen LogP contribution < -0.4 is 10.6 Å². The summed E-state index contributed by atoms with van der Waals surface area (Å²) in [6.07, 6.45) is 5.51. The van der Waals surface area contributed by atoms with Crippen LogP contribution in [0.5, 0.6) is 0 Å². The second kappa shape index (κ2) is 4.89. The largest absolute Gasteiger partial charge is 0.376 e. The number of hydrogen-bond acceptors (Lipinski definition) is 5. The number of piperidine rings is 1. The van der Waals surface area contributed by atoms with E-state index in [1.54, 1.807) is 12.4 Å². The molecule has 6 heteroatoms. The zero-order chi connectivity index (χ0) is 13.5. The predicted octanol–water partition coefficient (Wildman–Crippen LogP) is 1.46. The molecule has 0 bridgehead atoms. The Kier molecular flexibility index (Phi) is 3.37. The van der Waals surface area contributed by atoms with E-state index in [-0.39, 0.29) is 17.6 Å². The molecule has 3 rings (SSSR count). The summed E-state index contributed by atoms with van der Waals surface area (Å²) in [6.45, 7) is 4.69. The van der Waals surface area contributed by atoms with Crippen LogP contribution in [-0.4, -0.2) is 41.8 Å². The van der Waals surface area contributed by atoms with Crippen LogP contribution in [0, 0.1) is 5.41 Å². The van der Waals surface area contributed by atoms with E-state index >= 15 is 0 Å². The third-order valence-corrected chi connectivity index (χ3v) is 4.69. The van der Waals surface area contributed by atoms with Crippen molar-refractivity contribution < 1.29 is 4.74 Å². The summed E-state index contributed by atoms with van der Waals surface area (Å²) in [7, 11) is 0. The van der Waals surface area contributed by atoms with Crippen LogP contribution in [0.25, 0.3) is 0 Å². The zero-order valence-electron chi connectivity index (χ0n) is 11.1. The van der Waals surface area contributed by atoms with E-state index in [4.69, 9.17) is 22.1 Å². The summed E-state index contributed by atoms with van der Waals surface area (Å²) < 4.78 is 5.72. The highest BCUT2D eigenvalue weighted by Gasteiger charge is 2.47. The minimum Gasteiger partial charge on any atom is -0.376 e. The van der Waals surface area contributed by atoms with Gasteiger partial charge in [0, 0.05) is 24.5 Å². The number of rotatable bonds is 1. The van der Waals surface area contributed by atoms with Gasteiger partial charge in [-0.15, -0.1) is 0 Å². The number of hydrogen-bond donors (Lipinski definition) is 1. The molecule has 2 aliphatic heterocycles. The Bertz CT molecular complexity index is 444. The second-order valence-corrected chi connectivity index (χ2v) is 6.03. The Morgan fingerprint density at radius 1 is 1.37 bits per heavy atom. The molecular weight excluding hydrogens is 264 g/mol. The maximum absolute atomic E-state index is 6.30. The highest BCUT2D eigenvalue weighted by Crippen LogP contribution is 2.41. The third-order valence-electron chi connectivity index (χ3n) is 4.50. The number of nitrogens with two attached hydrogens (primary N) is 1. The molecular formula is C13H19ClN4O. The van der Waals surface area contributed by atoms with Crippen molar-refractivity contribution in [2.24, 2.45) is 11.1 Å².